The normalized spacial score (nSPS) is 11.2. The van der Waals surface area contributed by atoms with E-state index >= 15 is 0 Å². The Kier molecular flexibility index (Phi) is 25.7. The zero-order valence-electron chi connectivity index (χ0n) is 29.5. The van der Waals surface area contributed by atoms with Gasteiger partial charge in [-0.1, -0.05) is 115 Å². The van der Waals surface area contributed by atoms with E-state index in [4.69, 9.17) is 9.47 Å². The Morgan fingerprint density at radius 3 is 1.23 bits per heavy atom. The molecule has 0 fully saturated rings. The van der Waals surface area contributed by atoms with Gasteiger partial charge in [-0.2, -0.15) is 0 Å². The highest BCUT2D eigenvalue weighted by Crippen LogP contribution is 2.27. The van der Waals surface area contributed by atoms with Gasteiger partial charge in [0.05, 0.1) is 10.8 Å². The summed E-state index contributed by atoms with van der Waals surface area (Å²) < 4.78 is 10.8. The van der Waals surface area contributed by atoms with Crippen molar-refractivity contribution in [3.05, 3.63) is 0 Å². The smallest absolute Gasteiger partial charge is 0.312 e. The number of unbranched alkanes of at least 4 members (excludes halogenated alkanes) is 14. The molecule has 0 aliphatic heterocycles. The van der Waals surface area contributed by atoms with Crippen LogP contribution < -0.4 is 0 Å². The van der Waals surface area contributed by atoms with Crippen molar-refractivity contribution in [3.63, 3.8) is 0 Å². The van der Waals surface area contributed by atoms with E-state index in [0.29, 0.717) is 18.6 Å². The van der Waals surface area contributed by atoms with Crippen molar-refractivity contribution in [2.24, 2.45) is 10.8 Å². The number of rotatable bonds is 26. The number of esters is 2. The number of ketones is 1. The van der Waals surface area contributed by atoms with Crippen LogP contribution in [0.3, 0.4) is 0 Å². The molecule has 0 aliphatic carbocycles. The van der Waals surface area contributed by atoms with Crippen molar-refractivity contribution in [2.75, 3.05) is 13.2 Å². The first-order chi connectivity index (χ1) is 21.1. The van der Waals surface area contributed by atoms with Crippen LogP contribution in [0, 0.1) is 34.5 Å². The summed E-state index contributed by atoms with van der Waals surface area (Å²) in [6.07, 6.45) is 22.0. The molecular formula is C39H66O5. The lowest BCUT2D eigenvalue weighted by Crippen LogP contribution is -2.26. The Morgan fingerprint density at radius 1 is 0.477 bits per heavy atom. The molecule has 0 aromatic carbocycles. The molecule has 0 amide bonds. The fourth-order valence-electron chi connectivity index (χ4n) is 4.97. The predicted molar refractivity (Wildman–Crippen MR) is 183 cm³/mol. The molecule has 0 radical (unpaired) electrons. The average molecular weight is 615 g/mol. The van der Waals surface area contributed by atoms with Crippen LogP contribution in [0.2, 0.25) is 0 Å². The summed E-state index contributed by atoms with van der Waals surface area (Å²) in [6, 6.07) is 0. The molecule has 0 spiro atoms. The molecule has 0 heterocycles. The predicted octanol–water partition coefficient (Wildman–Crippen LogP) is 10.3. The lowest BCUT2D eigenvalue weighted by molar-refractivity contribution is -0.153. The van der Waals surface area contributed by atoms with E-state index in [1.54, 1.807) is 0 Å². The molecule has 0 aromatic rings. The molecular weight excluding hydrogens is 548 g/mol. The largest absolute Gasteiger partial charge is 0.452 e. The summed E-state index contributed by atoms with van der Waals surface area (Å²) in [5.41, 5.74) is -1.07. The number of carbonyl (C=O) groups is 3. The molecule has 5 heteroatoms. The molecule has 252 valence electrons. The summed E-state index contributed by atoms with van der Waals surface area (Å²) in [5.74, 6) is 12.1. The minimum absolute atomic E-state index is 0.169. The van der Waals surface area contributed by atoms with Gasteiger partial charge in [0, 0.05) is 25.7 Å². The van der Waals surface area contributed by atoms with E-state index in [1.165, 1.54) is 51.4 Å². The molecule has 0 N–H and O–H groups in total. The number of carbonyl (C=O) groups excluding carboxylic acids is 3. The van der Waals surface area contributed by atoms with Crippen molar-refractivity contribution in [2.45, 2.75) is 183 Å². The van der Waals surface area contributed by atoms with E-state index in [9.17, 15) is 14.4 Å². The first-order valence-electron chi connectivity index (χ1n) is 17.8. The van der Waals surface area contributed by atoms with Crippen molar-refractivity contribution in [3.8, 4) is 23.7 Å². The second-order valence-corrected chi connectivity index (χ2v) is 13.6. The number of ether oxygens (including phenoxy) is 2. The van der Waals surface area contributed by atoms with Gasteiger partial charge in [-0.15, -0.1) is 0 Å². The Hall–Kier alpha value is -2.27. The first kappa shape index (κ1) is 41.7. The third kappa shape index (κ3) is 24.1. The summed E-state index contributed by atoms with van der Waals surface area (Å²) >= 11 is 0. The van der Waals surface area contributed by atoms with Gasteiger partial charge in [0.1, 0.15) is 5.78 Å². The van der Waals surface area contributed by atoms with Crippen LogP contribution in [0.15, 0.2) is 0 Å². The first-order valence-corrected chi connectivity index (χ1v) is 17.8. The maximum absolute atomic E-state index is 12.5. The zero-order valence-corrected chi connectivity index (χ0v) is 29.5. The van der Waals surface area contributed by atoms with Crippen LogP contribution in [-0.2, 0) is 23.9 Å². The standard InChI is InChI=1S/C39H66O5/c1-7-9-11-13-15-17-19-27-33-43-36(41)38(3,4)31-25-21-23-29-35(40)30-24-22-26-32-39(5,6)37(42)44-34-28-20-18-16-14-12-10-8-2/h7-18,21-26,29-34H2,1-6H3. The van der Waals surface area contributed by atoms with Gasteiger partial charge in [-0.3, -0.25) is 14.4 Å². The molecule has 0 atom stereocenters. The molecule has 0 aliphatic rings. The van der Waals surface area contributed by atoms with Crippen LogP contribution >= 0.6 is 0 Å². The Labute approximate surface area is 271 Å². The van der Waals surface area contributed by atoms with Crippen LogP contribution in [0.5, 0.6) is 0 Å². The molecule has 0 aromatic heterocycles. The highest BCUT2D eigenvalue weighted by molar-refractivity contribution is 5.78. The van der Waals surface area contributed by atoms with Gasteiger partial charge in [0.25, 0.3) is 0 Å². The third-order valence-corrected chi connectivity index (χ3v) is 8.23. The highest BCUT2D eigenvalue weighted by atomic mass is 16.5. The maximum Gasteiger partial charge on any atom is 0.312 e. The van der Waals surface area contributed by atoms with Crippen LogP contribution in [0.4, 0.5) is 0 Å². The Bertz CT molecular complexity index is 821. The maximum atomic E-state index is 12.5. The minimum Gasteiger partial charge on any atom is -0.452 e. The van der Waals surface area contributed by atoms with Gasteiger partial charge in [0.15, 0.2) is 13.2 Å². The van der Waals surface area contributed by atoms with E-state index in [1.807, 2.05) is 27.7 Å². The fourth-order valence-corrected chi connectivity index (χ4v) is 4.97. The van der Waals surface area contributed by atoms with E-state index in [0.717, 1.165) is 77.0 Å². The lowest BCUT2D eigenvalue weighted by atomic mass is 9.86. The van der Waals surface area contributed by atoms with Crippen molar-refractivity contribution in [1.82, 2.24) is 0 Å². The molecule has 0 unspecified atom stereocenters. The van der Waals surface area contributed by atoms with Gasteiger partial charge in [-0.05, 0) is 66.2 Å². The lowest BCUT2D eigenvalue weighted by Gasteiger charge is -2.21. The molecule has 0 saturated heterocycles. The zero-order chi connectivity index (χ0) is 32.9. The summed E-state index contributed by atoms with van der Waals surface area (Å²) in [7, 11) is 0. The van der Waals surface area contributed by atoms with E-state index in [2.05, 4.69) is 37.5 Å². The number of hydrogen-bond donors (Lipinski definition) is 0. The summed E-state index contributed by atoms with van der Waals surface area (Å²) in [4.78, 5) is 37.2. The van der Waals surface area contributed by atoms with Gasteiger partial charge >= 0.3 is 11.9 Å². The average Bonchev–Trinajstić information content (AvgIpc) is 2.98. The van der Waals surface area contributed by atoms with Crippen molar-refractivity contribution in [1.29, 1.82) is 0 Å². The summed E-state index contributed by atoms with van der Waals surface area (Å²) in [5, 5.41) is 0. The fraction of sp³-hybridized carbons (Fsp3) is 0.821. The molecule has 0 rings (SSSR count). The van der Waals surface area contributed by atoms with E-state index in [-0.39, 0.29) is 25.2 Å². The molecule has 0 bridgehead atoms. The number of Topliss-reactive ketones (excluding diaryl/α,β-unsaturated/α-hetero) is 1. The van der Waals surface area contributed by atoms with Crippen LogP contribution in [0.1, 0.15) is 183 Å². The molecule has 5 nitrogen and oxygen atoms in total. The SMILES string of the molecule is CCCCCCCC#CCOC(=O)C(C)(C)CCCCCC(=O)CCCCCC(C)(C)C(=O)OCC#CCCCCCCC. The van der Waals surface area contributed by atoms with Crippen LogP contribution in [0.25, 0.3) is 0 Å². The van der Waals surface area contributed by atoms with Gasteiger partial charge in [0.2, 0.25) is 0 Å². The second kappa shape index (κ2) is 27.1. The number of hydrogen-bond acceptors (Lipinski definition) is 5. The van der Waals surface area contributed by atoms with Gasteiger partial charge < -0.3 is 9.47 Å². The van der Waals surface area contributed by atoms with Crippen LogP contribution in [-0.4, -0.2) is 30.9 Å². The van der Waals surface area contributed by atoms with E-state index < -0.39 is 10.8 Å². The minimum atomic E-state index is -0.535. The Balaban J connectivity index is 3.91. The van der Waals surface area contributed by atoms with Gasteiger partial charge in [-0.25, -0.2) is 0 Å². The molecule has 44 heavy (non-hydrogen) atoms. The second-order valence-electron chi connectivity index (χ2n) is 13.6. The van der Waals surface area contributed by atoms with Crippen molar-refractivity contribution >= 4 is 17.7 Å². The summed E-state index contributed by atoms with van der Waals surface area (Å²) in [6.45, 7) is 12.5. The quantitative estimate of drug-likeness (QED) is 0.0551. The van der Waals surface area contributed by atoms with Crippen molar-refractivity contribution < 1.29 is 23.9 Å². The monoisotopic (exact) mass is 614 g/mol. The Morgan fingerprint density at radius 2 is 0.841 bits per heavy atom. The topological polar surface area (TPSA) is 69.7 Å². The highest BCUT2D eigenvalue weighted by Gasteiger charge is 2.29. The molecule has 0 saturated carbocycles. The third-order valence-electron chi connectivity index (χ3n) is 8.23.